The van der Waals surface area contributed by atoms with Gasteiger partial charge in [-0.3, -0.25) is 36.5 Å². The van der Waals surface area contributed by atoms with Crippen molar-refractivity contribution in [3.05, 3.63) is 406 Å². The molecule has 16 aromatic carbocycles. The molecule has 0 aliphatic heterocycles. The Morgan fingerprint density at radius 3 is 0.617 bits per heavy atom. The second kappa shape index (κ2) is 24.5. The molecule has 0 amide bonds. The first kappa shape index (κ1) is 63.2. The molecule has 0 saturated carbocycles. The number of para-hydroxylation sites is 13. The van der Waals surface area contributed by atoms with Crippen LogP contribution in [0.5, 0.6) is 0 Å². The van der Waals surface area contributed by atoms with Gasteiger partial charge >= 0.3 is 0 Å². The van der Waals surface area contributed by atoms with Crippen molar-refractivity contribution >= 4 is 142 Å². The Hall–Kier alpha value is -15.6. The van der Waals surface area contributed by atoms with Gasteiger partial charge in [-0.2, -0.15) is 0 Å². The van der Waals surface area contributed by atoms with Gasteiger partial charge in [0.2, 0.25) is 0 Å². The summed E-state index contributed by atoms with van der Waals surface area (Å²) in [6, 6.07) is 152. The van der Waals surface area contributed by atoms with Crippen molar-refractivity contribution < 1.29 is 0 Å². The van der Waals surface area contributed by atoms with E-state index in [9.17, 15) is 0 Å². The van der Waals surface area contributed by atoms with Gasteiger partial charge < -0.3 is 4.57 Å². The van der Waals surface area contributed by atoms with Crippen LogP contribution in [0.2, 0.25) is 0 Å². The third kappa shape index (κ3) is 8.69. The maximum atomic E-state index is 2.74. The number of fused-ring (bicyclic) bond motifs is 21. The number of benzene rings is 16. The number of nitrogens with zero attached hydrogens (tertiary/aromatic N) is 9. The van der Waals surface area contributed by atoms with Crippen LogP contribution >= 0.6 is 0 Å². The van der Waals surface area contributed by atoms with Crippen molar-refractivity contribution in [3.8, 4) is 73.6 Å². The molecule has 0 bridgehead atoms. The first-order valence-electron chi connectivity index (χ1n) is 39.5. The van der Waals surface area contributed by atoms with E-state index < -0.39 is 0 Å². The molecule has 9 aromatic heterocycles. The van der Waals surface area contributed by atoms with Crippen LogP contribution in [0.1, 0.15) is 0 Å². The van der Waals surface area contributed by atoms with Gasteiger partial charge in [0.05, 0.1) is 72.4 Å². The summed E-state index contributed by atoms with van der Waals surface area (Å²) in [7, 11) is 0. The highest BCUT2D eigenvalue weighted by molar-refractivity contribution is 6.30. The topological polar surface area (TPSA) is 44.4 Å². The van der Waals surface area contributed by atoms with Crippen LogP contribution < -0.4 is 0 Å². The third-order valence-electron chi connectivity index (χ3n) is 24.3. The van der Waals surface area contributed by atoms with Gasteiger partial charge in [-0.05, 0) is 120 Å². The van der Waals surface area contributed by atoms with Gasteiger partial charge in [0.25, 0.3) is 0 Å². The Bertz CT molecular complexity index is 7820. The van der Waals surface area contributed by atoms with Gasteiger partial charge in [0.15, 0.2) is 0 Å². The van der Waals surface area contributed by atoms with Crippen LogP contribution in [-0.4, -0.2) is 41.1 Å². The quantitative estimate of drug-likeness (QED) is 0.124. The zero-order chi connectivity index (χ0) is 75.1. The van der Waals surface area contributed by atoms with Gasteiger partial charge in [-0.25, -0.2) is 0 Å². The minimum absolute atomic E-state index is 0.941. The average molecular weight is 1470 g/mol. The lowest BCUT2D eigenvalue weighted by Crippen LogP contribution is -2.17. The molecule has 0 saturated heterocycles. The van der Waals surface area contributed by atoms with Crippen molar-refractivity contribution in [3.63, 3.8) is 0 Å². The van der Waals surface area contributed by atoms with E-state index in [0.717, 1.165) is 216 Å². The molecule has 0 N–H and O–H groups in total. The van der Waals surface area contributed by atoms with E-state index in [1.54, 1.807) is 0 Å². The Morgan fingerprint density at radius 1 is 0.139 bits per heavy atom. The summed E-state index contributed by atoms with van der Waals surface area (Å²) in [5.41, 5.74) is 26.8. The summed E-state index contributed by atoms with van der Waals surface area (Å²) < 4.78 is 23.8. The number of hydrogen-bond donors (Lipinski definition) is 0. The van der Waals surface area contributed by atoms with Crippen molar-refractivity contribution in [2.24, 2.45) is 0 Å². The molecular weight excluding hydrogens is 1400 g/mol. The van der Waals surface area contributed by atoms with E-state index >= 15 is 0 Å². The molecule has 536 valence electrons. The molecule has 9 nitrogen and oxygen atoms in total. The first-order chi connectivity index (χ1) is 57.2. The fourth-order valence-corrected chi connectivity index (χ4v) is 20.0. The lowest BCUT2D eigenvalue weighted by atomic mass is 9.95. The number of aromatic nitrogens is 9. The summed E-state index contributed by atoms with van der Waals surface area (Å²) in [6.45, 7) is 0. The molecule has 0 fully saturated rings. The highest BCUT2D eigenvalue weighted by atomic mass is 15.3. The van der Waals surface area contributed by atoms with Gasteiger partial charge in [0.1, 0.15) is 28.3 Å². The lowest BCUT2D eigenvalue weighted by Gasteiger charge is -2.29. The van der Waals surface area contributed by atoms with Gasteiger partial charge in [-0.1, -0.05) is 297 Å². The zero-order valence-corrected chi connectivity index (χ0v) is 62.2. The SMILES string of the molecule is c1ccc(-c2c(-c3ccccc3)n(-c3ccccc3)c3c(-n4c5ccccc5c5c6ccccc6n(-c6ccccc6)c54)c(-n4c5ccccc5c5c6ccccc6n(-c6ccccc6)c54)c(-n4c5ccccc5c5c6ccccc6n(-c6ccccc6)c54)c(-n4c5ccccc5c5c6ccccc6n(-c6ccccc6)c54)c23)cc1. The standard InChI is InChI=1S/C106H67N9/c1-8-38-68(39-9-1)91-96-98(111(74-50-20-7-21-51-74)97(91)69-40-10-2-11-41-69)100(113-88-65-35-27-57-80(88)93-76-53-23-31-61-84(76)108(104(93)113)71-44-14-4-15-45-71)102(115-90-67-37-29-59-82(90)95-78-55-25-33-63-86(78)110(106(95)115)73-48-18-6-19-49-73)101(114-89-66-36-28-58-81(89)94-77-54-24-32-62-85(77)109(105(94)114)72-46-16-5-17-47-72)99(96)112-87-64-34-26-56-79(87)92-75-52-22-30-60-83(75)107(103(92)112)70-42-12-3-13-43-70/h1-67H. The molecule has 0 aliphatic carbocycles. The maximum absolute atomic E-state index is 2.74. The van der Waals surface area contributed by atoms with Crippen molar-refractivity contribution in [2.45, 2.75) is 0 Å². The summed E-state index contributed by atoms with van der Waals surface area (Å²) in [4.78, 5) is 0. The minimum Gasteiger partial charge on any atom is -0.306 e. The summed E-state index contributed by atoms with van der Waals surface area (Å²) >= 11 is 0. The summed E-state index contributed by atoms with van der Waals surface area (Å²) in [5, 5.41) is 14.7. The van der Waals surface area contributed by atoms with Crippen LogP contribution in [0.15, 0.2) is 406 Å². The lowest BCUT2D eigenvalue weighted by molar-refractivity contribution is 0.973. The van der Waals surface area contributed by atoms with Crippen LogP contribution in [-0.2, 0) is 0 Å². The molecule has 115 heavy (non-hydrogen) atoms. The maximum Gasteiger partial charge on any atom is 0.131 e. The van der Waals surface area contributed by atoms with Crippen molar-refractivity contribution in [1.82, 2.24) is 41.1 Å². The predicted molar refractivity (Wildman–Crippen MR) is 479 cm³/mol. The smallest absolute Gasteiger partial charge is 0.131 e. The molecule has 0 spiro atoms. The van der Waals surface area contributed by atoms with Crippen LogP contribution in [0.4, 0.5) is 0 Å². The molecule has 0 atom stereocenters. The second-order valence-electron chi connectivity index (χ2n) is 30.2. The van der Waals surface area contributed by atoms with E-state index in [4.69, 9.17) is 0 Å². The monoisotopic (exact) mass is 1470 g/mol. The fraction of sp³-hybridized carbons (Fsp3) is 0. The zero-order valence-electron chi connectivity index (χ0n) is 62.2. The van der Waals surface area contributed by atoms with E-state index in [1.807, 2.05) is 0 Å². The van der Waals surface area contributed by atoms with Gasteiger partial charge in [0, 0.05) is 104 Å². The fourth-order valence-electron chi connectivity index (χ4n) is 20.0. The van der Waals surface area contributed by atoms with Crippen molar-refractivity contribution in [2.75, 3.05) is 0 Å². The van der Waals surface area contributed by atoms with Gasteiger partial charge in [-0.15, -0.1) is 0 Å². The Kier molecular flexibility index (Phi) is 13.4. The van der Waals surface area contributed by atoms with Crippen molar-refractivity contribution in [1.29, 1.82) is 0 Å². The normalized spacial score (nSPS) is 12.2. The molecule has 25 rings (SSSR count). The Morgan fingerprint density at radius 2 is 0.339 bits per heavy atom. The van der Waals surface area contributed by atoms with E-state index in [0.29, 0.717) is 0 Å². The van der Waals surface area contributed by atoms with E-state index in [1.165, 1.54) is 0 Å². The third-order valence-corrected chi connectivity index (χ3v) is 24.3. The van der Waals surface area contributed by atoms with Crippen LogP contribution in [0.3, 0.4) is 0 Å². The van der Waals surface area contributed by atoms with Crippen LogP contribution in [0.25, 0.3) is 216 Å². The molecule has 25 aromatic rings. The average Bonchev–Trinajstić information content (AvgIpc) is 1.50. The Balaban J connectivity index is 1.10. The number of hydrogen-bond acceptors (Lipinski definition) is 0. The molecule has 9 heterocycles. The molecule has 0 aliphatic rings. The molecular formula is C106H67N9. The highest BCUT2D eigenvalue weighted by Gasteiger charge is 2.41. The summed E-state index contributed by atoms with van der Waals surface area (Å²) in [5.74, 6) is 0. The van der Waals surface area contributed by atoms with E-state index in [-0.39, 0.29) is 0 Å². The molecule has 0 radical (unpaired) electrons. The largest absolute Gasteiger partial charge is 0.306 e. The Labute approximate surface area is 659 Å². The summed E-state index contributed by atoms with van der Waals surface area (Å²) in [6.07, 6.45) is 0. The first-order valence-corrected chi connectivity index (χ1v) is 39.5. The number of rotatable bonds is 11. The minimum atomic E-state index is 0.941. The van der Waals surface area contributed by atoms with E-state index in [2.05, 4.69) is 448 Å². The van der Waals surface area contributed by atoms with Crippen LogP contribution in [0, 0.1) is 0 Å². The second-order valence-corrected chi connectivity index (χ2v) is 30.2. The molecule has 9 heteroatoms. The predicted octanol–water partition coefficient (Wildman–Crippen LogP) is 27.1. The highest BCUT2D eigenvalue weighted by Crippen LogP contribution is 2.58. The molecule has 0 unspecified atom stereocenters.